The Hall–Kier alpha value is -1.75. The molecule has 2 aromatic rings. The Morgan fingerprint density at radius 2 is 1.71 bits per heavy atom. The first-order valence-corrected chi connectivity index (χ1v) is 9.41. The zero-order chi connectivity index (χ0) is 16.4. The summed E-state index contributed by atoms with van der Waals surface area (Å²) in [5.74, 6) is 1.05. The predicted molar refractivity (Wildman–Crippen MR) is 94.1 cm³/mol. The fourth-order valence-electron chi connectivity index (χ4n) is 4.55. The van der Waals surface area contributed by atoms with Crippen LogP contribution in [0.2, 0.25) is 0 Å². The first-order chi connectivity index (χ1) is 11.8. The van der Waals surface area contributed by atoms with Gasteiger partial charge in [0.1, 0.15) is 0 Å². The molecule has 1 aliphatic heterocycles. The van der Waals surface area contributed by atoms with Gasteiger partial charge in [0.25, 0.3) is 0 Å². The minimum atomic E-state index is 0.0198. The zero-order valence-electron chi connectivity index (χ0n) is 14.6. The van der Waals surface area contributed by atoms with Crippen LogP contribution in [0.1, 0.15) is 62.8 Å². The molecule has 0 unspecified atom stereocenters. The summed E-state index contributed by atoms with van der Waals surface area (Å²) in [5, 5.41) is 13.0. The summed E-state index contributed by atoms with van der Waals surface area (Å²) in [5.41, 5.74) is 2.34. The van der Waals surface area contributed by atoms with Crippen molar-refractivity contribution < 1.29 is 0 Å². The molecule has 0 N–H and O–H groups in total. The number of piperidine rings is 1. The molecule has 1 saturated heterocycles. The molecule has 2 fully saturated rings. The third-order valence-electron chi connectivity index (χ3n) is 5.77. The lowest BCUT2D eigenvalue weighted by Crippen LogP contribution is -2.51. The quantitative estimate of drug-likeness (QED) is 0.865. The minimum Gasteiger partial charge on any atom is -0.291 e. The smallest absolute Gasteiger partial charge is 0.176 e. The van der Waals surface area contributed by atoms with Crippen molar-refractivity contribution in [3.8, 4) is 5.69 Å². The Kier molecular flexibility index (Phi) is 4.35. The van der Waals surface area contributed by atoms with Crippen LogP contribution in [0.3, 0.4) is 0 Å². The van der Waals surface area contributed by atoms with Crippen molar-refractivity contribution in [2.24, 2.45) is 0 Å². The van der Waals surface area contributed by atoms with E-state index in [1.807, 2.05) is 4.68 Å². The average molecular weight is 325 g/mol. The Labute approximate surface area is 144 Å². The number of aryl methyl sites for hydroxylation is 1. The maximum Gasteiger partial charge on any atom is 0.176 e. The highest BCUT2D eigenvalue weighted by molar-refractivity contribution is 5.36. The fraction of sp³-hybridized carbons (Fsp3) is 0.632. The molecule has 24 heavy (non-hydrogen) atoms. The zero-order valence-corrected chi connectivity index (χ0v) is 14.6. The van der Waals surface area contributed by atoms with Gasteiger partial charge in [-0.2, -0.15) is 4.68 Å². The van der Waals surface area contributed by atoms with Gasteiger partial charge < -0.3 is 0 Å². The number of likely N-dealkylation sites (tertiary alicyclic amines) is 1. The number of tetrazole rings is 1. The summed E-state index contributed by atoms with van der Waals surface area (Å²) >= 11 is 0. The van der Waals surface area contributed by atoms with Crippen LogP contribution >= 0.6 is 0 Å². The molecule has 0 amide bonds. The first kappa shape index (κ1) is 15.8. The lowest BCUT2D eigenvalue weighted by molar-refractivity contribution is 0.0213. The van der Waals surface area contributed by atoms with E-state index in [4.69, 9.17) is 0 Å². The van der Waals surface area contributed by atoms with Gasteiger partial charge in [-0.1, -0.05) is 37.8 Å². The van der Waals surface area contributed by atoms with E-state index in [0.717, 1.165) is 11.5 Å². The van der Waals surface area contributed by atoms with Crippen molar-refractivity contribution in [3.05, 3.63) is 35.7 Å². The number of aromatic nitrogens is 4. The van der Waals surface area contributed by atoms with E-state index in [9.17, 15) is 0 Å². The molecule has 2 heterocycles. The van der Waals surface area contributed by atoms with Gasteiger partial charge in [0.05, 0.1) is 11.2 Å². The van der Waals surface area contributed by atoms with Gasteiger partial charge in [0, 0.05) is 0 Å². The maximum atomic E-state index is 4.55. The molecule has 0 spiro atoms. The lowest BCUT2D eigenvalue weighted by Gasteiger charge is -2.47. The monoisotopic (exact) mass is 325 g/mol. The van der Waals surface area contributed by atoms with Gasteiger partial charge in [-0.25, -0.2) is 0 Å². The number of rotatable bonds is 3. The molecule has 2 aliphatic rings. The van der Waals surface area contributed by atoms with Crippen LogP contribution in [-0.4, -0.2) is 38.2 Å². The number of hydrogen-bond donors (Lipinski definition) is 0. The molecule has 0 radical (unpaired) electrons. The molecular formula is C19H27N5. The van der Waals surface area contributed by atoms with E-state index < -0.39 is 0 Å². The van der Waals surface area contributed by atoms with E-state index in [1.54, 1.807) is 0 Å². The Bertz CT molecular complexity index is 681. The summed E-state index contributed by atoms with van der Waals surface area (Å²) in [6, 6.07) is 8.49. The largest absolute Gasteiger partial charge is 0.291 e. The number of hydrogen-bond acceptors (Lipinski definition) is 4. The molecule has 1 aliphatic carbocycles. The lowest BCUT2D eigenvalue weighted by atomic mass is 9.78. The van der Waals surface area contributed by atoms with Crippen LogP contribution in [0.4, 0.5) is 0 Å². The summed E-state index contributed by atoms with van der Waals surface area (Å²) < 4.78 is 1.99. The van der Waals surface area contributed by atoms with Crippen molar-refractivity contribution in [2.75, 3.05) is 13.1 Å². The van der Waals surface area contributed by atoms with Crippen molar-refractivity contribution in [1.82, 2.24) is 25.1 Å². The molecule has 5 heteroatoms. The Balaban J connectivity index is 1.78. The molecular weight excluding hydrogens is 298 g/mol. The van der Waals surface area contributed by atoms with Crippen molar-refractivity contribution in [1.29, 1.82) is 0 Å². The van der Waals surface area contributed by atoms with Crippen molar-refractivity contribution >= 4 is 0 Å². The van der Waals surface area contributed by atoms with Crippen LogP contribution in [0.15, 0.2) is 24.3 Å². The Morgan fingerprint density at radius 1 is 0.958 bits per heavy atom. The van der Waals surface area contributed by atoms with Crippen LogP contribution < -0.4 is 0 Å². The second kappa shape index (κ2) is 6.63. The van der Waals surface area contributed by atoms with Gasteiger partial charge >= 0.3 is 0 Å². The topological polar surface area (TPSA) is 46.8 Å². The van der Waals surface area contributed by atoms with Crippen LogP contribution in [0.5, 0.6) is 0 Å². The molecule has 1 saturated carbocycles. The summed E-state index contributed by atoms with van der Waals surface area (Å²) in [7, 11) is 0. The third-order valence-corrected chi connectivity index (χ3v) is 5.77. The van der Waals surface area contributed by atoms with Crippen LogP contribution in [0.25, 0.3) is 5.69 Å². The van der Waals surface area contributed by atoms with E-state index in [2.05, 4.69) is 51.6 Å². The first-order valence-electron chi connectivity index (χ1n) is 9.41. The molecule has 1 aromatic heterocycles. The fourth-order valence-corrected chi connectivity index (χ4v) is 4.55. The van der Waals surface area contributed by atoms with Gasteiger partial charge in [-0.3, -0.25) is 4.90 Å². The molecule has 5 nitrogen and oxygen atoms in total. The number of benzene rings is 1. The van der Waals surface area contributed by atoms with Crippen molar-refractivity contribution in [3.63, 3.8) is 0 Å². The van der Waals surface area contributed by atoms with E-state index >= 15 is 0 Å². The van der Waals surface area contributed by atoms with Gasteiger partial charge in [0.15, 0.2) is 5.82 Å². The second-order valence-corrected chi connectivity index (χ2v) is 7.39. The molecule has 1 aromatic carbocycles. The SMILES string of the molecule is Cc1cccc(-n2nnnc2C2(N3CCCCC3)CCCCC2)c1. The highest BCUT2D eigenvalue weighted by Crippen LogP contribution is 2.43. The second-order valence-electron chi connectivity index (χ2n) is 7.39. The predicted octanol–water partition coefficient (Wildman–Crippen LogP) is 3.62. The van der Waals surface area contributed by atoms with Gasteiger partial charge in [0.2, 0.25) is 0 Å². The standard InChI is InChI=1S/C19H27N5/c1-16-9-8-10-17(15-16)24-18(20-21-22-24)19(11-4-2-5-12-19)23-13-6-3-7-14-23/h8-10,15H,2-7,11-14H2,1H3. The molecule has 128 valence electrons. The molecule has 0 atom stereocenters. The minimum absolute atomic E-state index is 0.0198. The highest BCUT2D eigenvalue weighted by Gasteiger charge is 2.44. The normalized spacial score (nSPS) is 21.7. The summed E-state index contributed by atoms with van der Waals surface area (Å²) in [6.45, 7) is 4.48. The van der Waals surface area contributed by atoms with Crippen LogP contribution in [-0.2, 0) is 5.54 Å². The van der Waals surface area contributed by atoms with Crippen LogP contribution in [0, 0.1) is 6.92 Å². The maximum absolute atomic E-state index is 4.55. The summed E-state index contributed by atoms with van der Waals surface area (Å²) in [6.07, 6.45) is 10.2. The van der Waals surface area contributed by atoms with Gasteiger partial charge in [-0.05, 0) is 73.8 Å². The molecule has 0 bridgehead atoms. The number of nitrogens with zero attached hydrogens (tertiary/aromatic N) is 5. The van der Waals surface area contributed by atoms with Crippen molar-refractivity contribution in [2.45, 2.75) is 63.8 Å². The summed E-state index contributed by atoms with van der Waals surface area (Å²) in [4.78, 5) is 2.69. The van der Waals surface area contributed by atoms with E-state index in [1.165, 1.54) is 70.0 Å². The van der Waals surface area contributed by atoms with E-state index in [-0.39, 0.29) is 5.54 Å². The van der Waals surface area contributed by atoms with Gasteiger partial charge in [-0.15, -0.1) is 5.10 Å². The van der Waals surface area contributed by atoms with E-state index in [0.29, 0.717) is 0 Å². The molecule has 4 rings (SSSR count). The average Bonchev–Trinajstić information content (AvgIpc) is 3.13. The third kappa shape index (κ3) is 2.75. The Morgan fingerprint density at radius 3 is 2.46 bits per heavy atom. The highest BCUT2D eigenvalue weighted by atomic mass is 15.6.